The van der Waals surface area contributed by atoms with Crippen molar-refractivity contribution < 1.29 is 14.3 Å². The van der Waals surface area contributed by atoms with Crippen LogP contribution >= 0.6 is 0 Å². The number of benzene rings is 3. The molecule has 0 atom stereocenters. The molecule has 4 nitrogen and oxygen atoms in total. The van der Waals surface area contributed by atoms with E-state index in [2.05, 4.69) is 75.6 Å². The highest BCUT2D eigenvalue weighted by molar-refractivity contribution is 5.81. The lowest BCUT2D eigenvalue weighted by Crippen LogP contribution is -2.11. The Kier molecular flexibility index (Phi) is 7.14. The Morgan fingerprint density at radius 1 is 0.774 bits per heavy atom. The normalized spacial score (nSPS) is 10.5. The maximum Gasteiger partial charge on any atom is 0.330 e. The van der Waals surface area contributed by atoms with E-state index in [1.807, 2.05) is 24.3 Å². The van der Waals surface area contributed by atoms with Gasteiger partial charge in [-0.05, 0) is 98.5 Å². The van der Waals surface area contributed by atoms with Crippen molar-refractivity contribution >= 4 is 23.0 Å². The van der Waals surface area contributed by atoms with Crippen molar-refractivity contribution in [2.24, 2.45) is 0 Å². The number of carbonyl (C=O) groups excluding carboxylic acids is 1. The number of hydrogen-bond donors (Lipinski definition) is 0. The van der Waals surface area contributed by atoms with Gasteiger partial charge in [0.1, 0.15) is 19.0 Å². The van der Waals surface area contributed by atoms with E-state index < -0.39 is 5.97 Å². The molecule has 0 aliphatic carbocycles. The number of anilines is 3. The Hall–Kier alpha value is -3.53. The van der Waals surface area contributed by atoms with Gasteiger partial charge in [-0.2, -0.15) is 0 Å². The van der Waals surface area contributed by atoms with Crippen LogP contribution < -0.4 is 9.64 Å². The Morgan fingerprint density at radius 3 is 1.77 bits per heavy atom. The van der Waals surface area contributed by atoms with E-state index in [9.17, 15) is 4.79 Å². The van der Waals surface area contributed by atoms with E-state index in [1.165, 1.54) is 22.3 Å². The molecule has 0 unspecified atom stereocenters. The van der Waals surface area contributed by atoms with Gasteiger partial charge in [-0.15, -0.1) is 0 Å². The Balaban J connectivity index is 1.87. The molecule has 0 heterocycles. The second-order valence-electron chi connectivity index (χ2n) is 7.59. The zero-order valence-electron chi connectivity index (χ0n) is 18.6. The first-order valence-corrected chi connectivity index (χ1v) is 10.4. The van der Waals surface area contributed by atoms with Crippen LogP contribution in [0.15, 0.2) is 73.3 Å². The smallest absolute Gasteiger partial charge is 0.330 e. The Bertz CT molecular complexity index is 1020. The lowest BCUT2D eigenvalue weighted by Gasteiger charge is -2.27. The fraction of sp³-hybridized carbons (Fsp3) is 0.222. The first-order chi connectivity index (χ1) is 14.9. The van der Waals surface area contributed by atoms with Crippen molar-refractivity contribution in [3.63, 3.8) is 0 Å². The van der Waals surface area contributed by atoms with E-state index in [0.29, 0.717) is 0 Å². The summed E-state index contributed by atoms with van der Waals surface area (Å²) in [5, 5.41) is 0. The second kappa shape index (κ2) is 9.98. The highest BCUT2D eigenvalue weighted by atomic mass is 16.6. The fourth-order valence-electron chi connectivity index (χ4n) is 3.23. The van der Waals surface area contributed by atoms with Gasteiger partial charge < -0.3 is 14.4 Å². The predicted molar refractivity (Wildman–Crippen MR) is 127 cm³/mol. The van der Waals surface area contributed by atoms with Gasteiger partial charge in [-0.1, -0.05) is 18.7 Å². The molecule has 160 valence electrons. The van der Waals surface area contributed by atoms with Crippen LogP contribution in [0.1, 0.15) is 22.3 Å². The zero-order chi connectivity index (χ0) is 22.4. The summed E-state index contributed by atoms with van der Waals surface area (Å²) in [5.41, 5.74) is 8.29. The summed E-state index contributed by atoms with van der Waals surface area (Å²) in [6.45, 7) is 12.4. The number of hydrogen-bond acceptors (Lipinski definition) is 4. The van der Waals surface area contributed by atoms with Crippen LogP contribution in [0.5, 0.6) is 5.75 Å². The second-order valence-corrected chi connectivity index (χ2v) is 7.59. The summed E-state index contributed by atoms with van der Waals surface area (Å²) in [4.78, 5) is 13.3. The molecule has 0 amide bonds. The summed E-state index contributed by atoms with van der Waals surface area (Å²) in [6.07, 6.45) is 1.14. The third-order valence-corrected chi connectivity index (χ3v) is 5.36. The topological polar surface area (TPSA) is 38.8 Å². The van der Waals surface area contributed by atoms with Gasteiger partial charge in [0.25, 0.3) is 0 Å². The molecule has 0 radical (unpaired) electrons. The van der Waals surface area contributed by atoms with Crippen LogP contribution in [0.25, 0.3) is 0 Å². The highest BCUT2D eigenvalue weighted by Gasteiger charge is 2.14. The number of ether oxygens (including phenoxy) is 2. The molecule has 4 heteroatoms. The van der Waals surface area contributed by atoms with E-state index in [4.69, 9.17) is 9.47 Å². The van der Waals surface area contributed by atoms with Gasteiger partial charge in [0.2, 0.25) is 0 Å². The summed E-state index contributed by atoms with van der Waals surface area (Å²) in [6, 6.07) is 21.0. The largest absolute Gasteiger partial charge is 0.490 e. The van der Waals surface area contributed by atoms with Crippen LogP contribution in [0, 0.1) is 27.7 Å². The summed E-state index contributed by atoms with van der Waals surface area (Å²) < 4.78 is 10.6. The molecule has 0 bridgehead atoms. The molecule has 0 fully saturated rings. The minimum Gasteiger partial charge on any atom is -0.490 e. The van der Waals surface area contributed by atoms with Crippen molar-refractivity contribution in [1.29, 1.82) is 0 Å². The van der Waals surface area contributed by atoms with Crippen molar-refractivity contribution in [1.82, 2.24) is 0 Å². The molecule has 0 spiro atoms. The number of aryl methyl sites for hydroxylation is 4. The van der Waals surface area contributed by atoms with E-state index >= 15 is 0 Å². The van der Waals surface area contributed by atoms with E-state index in [-0.39, 0.29) is 13.2 Å². The molecule has 31 heavy (non-hydrogen) atoms. The third kappa shape index (κ3) is 5.54. The Morgan fingerprint density at radius 2 is 1.29 bits per heavy atom. The maximum atomic E-state index is 11.1. The number of carbonyl (C=O) groups is 1. The molecule has 0 aliphatic rings. The minimum absolute atomic E-state index is 0.185. The number of esters is 1. The predicted octanol–water partition coefficient (Wildman–Crippen LogP) is 6.50. The SMILES string of the molecule is C=CC(=O)OCCOc1ccc(N(c2ccc(C)c(C)c2)c2ccc(C)c(C)c2)cc1. The molecule has 0 aliphatic heterocycles. The third-order valence-electron chi connectivity index (χ3n) is 5.36. The van der Waals surface area contributed by atoms with Crippen molar-refractivity contribution in [2.45, 2.75) is 27.7 Å². The van der Waals surface area contributed by atoms with Gasteiger partial charge in [-0.3, -0.25) is 0 Å². The quantitative estimate of drug-likeness (QED) is 0.239. The summed E-state index contributed by atoms with van der Waals surface area (Å²) in [5.74, 6) is 0.273. The molecule has 0 saturated carbocycles. The molecular formula is C27H29NO3. The minimum atomic E-state index is -0.448. The average molecular weight is 416 g/mol. The van der Waals surface area contributed by atoms with Crippen molar-refractivity contribution in [2.75, 3.05) is 18.1 Å². The van der Waals surface area contributed by atoms with Gasteiger partial charge in [0, 0.05) is 23.1 Å². The summed E-state index contributed by atoms with van der Waals surface area (Å²) >= 11 is 0. The molecule has 3 rings (SSSR count). The van der Waals surface area contributed by atoms with Crippen molar-refractivity contribution in [3.8, 4) is 5.75 Å². The monoisotopic (exact) mass is 415 g/mol. The fourth-order valence-corrected chi connectivity index (χ4v) is 3.23. The lowest BCUT2D eigenvalue weighted by molar-refractivity contribution is -0.138. The molecule has 0 aromatic heterocycles. The van der Waals surface area contributed by atoms with Gasteiger partial charge in [0.15, 0.2) is 0 Å². The first-order valence-electron chi connectivity index (χ1n) is 10.4. The van der Waals surface area contributed by atoms with Gasteiger partial charge in [0.05, 0.1) is 0 Å². The van der Waals surface area contributed by atoms with Crippen LogP contribution in [0.2, 0.25) is 0 Å². The van der Waals surface area contributed by atoms with Crippen LogP contribution in [-0.2, 0) is 9.53 Å². The van der Waals surface area contributed by atoms with Crippen LogP contribution in [0.3, 0.4) is 0 Å². The molecular weight excluding hydrogens is 386 g/mol. The zero-order valence-corrected chi connectivity index (χ0v) is 18.6. The first kappa shape index (κ1) is 22.2. The molecule has 0 N–H and O–H groups in total. The molecule has 3 aromatic carbocycles. The number of nitrogens with zero attached hydrogens (tertiary/aromatic N) is 1. The van der Waals surface area contributed by atoms with Gasteiger partial charge >= 0.3 is 5.97 Å². The van der Waals surface area contributed by atoms with E-state index in [0.717, 1.165) is 28.9 Å². The van der Waals surface area contributed by atoms with Crippen molar-refractivity contribution in [3.05, 3.63) is 95.6 Å². The van der Waals surface area contributed by atoms with Crippen LogP contribution in [0.4, 0.5) is 17.1 Å². The summed E-state index contributed by atoms with van der Waals surface area (Å²) in [7, 11) is 0. The highest BCUT2D eigenvalue weighted by Crippen LogP contribution is 2.36. The van der Waals surface area contributed by atoms with E-state index in [1.54, 1.807) is 0 Å². The lowest BCUT2D eigenvalue weighted by atomic mass is 10.1. The average Bonchev–Trinajstić information content (AvgIpc) is 2.77. The Labute approximate surface area is 184 Å². The van der Waals surface area contributed by atoms with Crippen LogP contribution in [-0.4, -0.2) is 19.2 Å². The molecule has 3 aromatic rings. The van der Waals surface area contributed by atoms with Gasteiger partial charge in [-0.25, -0.2) is 4.79 Å². The number of rotatable bonds is 8. The maximum absolute atomic E-state index is 11.1. The molecule has 0 saturated heterocycles. The standard InChI is InChI=1S/C27H29NO3/c1-6-27(29)31-16-15-30-26-13-11-23(12-14-26)28(24-9-7-19(2)21(4)17-24)25-10-8-20(3)22(5)18-25/h6-14,17-18H,1,15-16H2,2-5H3.